The molecule has 1 saturated heterocycles. The Morgan fingerprint density at radius 3 is 1.61 bits per heavy atom. The van der Waals surface area contributed by atoms with Gasteiger partial charge in [0.2, 0.25) is 0 Å². The van der Waals surface area contributed by atoms with E-state index in [0.29, 0.717) is 0 Å². The van der Waals surface area contributed by atoms with E-state index in [-0.39, 0.29) is 0 Å². The van der Waals surface area contributed by atoms with Crippen LogP contribution in [0.3, 0.4) is 0 Å². The molecular weight excluding hydrogens is 250 g/mol. The molecule has 0 amide bonds. The first-order valence-corrected chi connectivity index (χ1v) is 4.92. The Morgan fingerprint density at radius 1 is 0.778 bits per heavy atom. The molecule has 1 fully saturated rings. The lowest BCUT2D eigenvalue weighted by molar-refractivity contribution is -0.169. The molecule has 18 heavy (non-hydrogen) atoms. The number of carboxylic acids is 4. The summed E-state index contributed by atoms with van der Waals surface area (Å²) in [7, 11) is 0. The summed E-state index contributed by atoms with van der Waals surface area (Å²) in [5.74, 6) is -11.4. The van der Waals surface area contributed by atoms with Crippen LogP contribution in [0.15, 0.2) is 0 Å². The summed E-state index contributed by atoms with van der Waals surface area (Å²) in [6, 6.07) is -1.63. The molecule has 0 aliphatic carbocycles. The van der Waals surface area contributed by atoms with Crippen LogP contribution in [0.4, 0.5) is 0 Å². The lowest BCUT2D eigenvalue weighted by Gasteiger charge is -2.35. The van der Waals surface area contributed by atoms with Crippen molar-refractivity contribution >= 4 is 23.9 Å². The minimum atomic E-state index is -1.84. The first-order valence-electron chi connectivity index (χ1n) is 4.92. The SMILES string of the molecule is O=C(O)[C@@H]1[C@H](C(=O)O)[C@H](C(=O)O)CN[C@@H]1C(=O)O. The third-order valence-corrected chi connectivity index (χ3v) is 2.89. The summed E-state index contributed by atoms with van der Waals surface area (Å²) in [4.78, 5) is 43.7. The molecule has 1 aliphatic heterocycles. The Labute approximate surface area is 100 Å². The summed E-state index contributed by atoms with van der Waals surface area (Å²) in [6.07, 6.45) is 0. The van der Waals surface area contributed by atoms with Gasteiger partial charge in [0, 0.05) is 6.54 Å². The summed E-state index contributed by atoms with van der Waals surface area (Å²) in [6.45, 7) is -0.410. The molecule has 0 bridgehead atoms. The second-order valence-corrected chi connectivity index (χ2v) is 3.90. The maximum absolute atomic E-state index is 11.0. The highest BCUT2D eigenvalue weighted by atomic mass is 16.4. The molecule has 0 aromatic rings. The zero-order valence-corrected chi connectivity index (χ0v) is 8.94. The predicted octanol–water partition coefficient (Wildman–Crippen LogP) is -1.85. The second kappa shape index (κ2) is 5.00. The van der Waals surface area contributed by atoms with Crippen LogP contribution in [0.5, 0.6) is 0 Å². The lowest BCUT2D eigenvalue weighted by Crippen LogP contribution is -2.60. The Kier molecular flexibility index (Phi) is 3.86. The van der Waals surface area contributed by atoms with E-state index in [1.54, 1.807) is 0 Å². The number of aliphatic carboxylic acids is 4. The summed E-state index contributed by atoms with van der Waals surface area (Å²) >= 11 is 0. The van der Waals surface area contributed by atoms with Crippen molar-refractivity contribution in [2.75, 3.05) is 6.54 Å². The van der Waals surface area contributed by atoms with E-state index in [9.17, 15) is 19.2 Å². The van der Waals surface area contributed by atoms with Gasteiger partial charge in [-0.05, 0) is 0 Å². The molecule has 9 heteroatoms. The molecule has 0 radical (unpaired) electrons. The van der Waals surface area contributed by atoms with Gasteiger partial charge in [0.25, 0.3) is 0 Å². The topological polar surface area (TPSA) is 161 Å². The van der Waals surface area contributed by atoms with Gasteiger partial charge in [0.1, 0.15) is 6.04 Å². The molecule has 1 heterocycles. The van der Waals surface area contributed by atoms with Gasteiger partial charge < -0.3 is 25.7 Å². The zero-order valence-electron chi connectivity index (χ0n) is 8.94. The highest BCUT2D eigenvalue weighted by molar-refractivity contribution is 5.90. The van der Waals surface area contributed by atoms with Gasteiger partial charge in [-0.15, -0.1) is 0 Å². The fourth-order valence-corrected chi connectivity index (χ4v) is 2.07. The molecule has 0 aromatic carbocycles. The summed E-state index contributed by atoms with van der Waals surface area (Å²) in [5, 5.41) is 37.7. The van der Waals surface area contributed by atoms with Gasteiger partial charge >= 0.3 is 23.9 Å². The maximum atomic E-state index is 11.0. The molecule has 1 aliphatic rings. The quantitative estimate of drug-likeness (QED) is 0.391. The van der Waals surface area contributed by atoms with E-state index in [1.807, 2.05) is 0 Å². The van der Waals surface area contributed by atoms with Crippen molar-refractivity contribution in [2.45, 2.75) is 6.04 Å². The monoisotopic (exact) mass is 261 g/mol. The Hall–Kier alpha value is -2.16. The molecular formula is C9H11NO8. The van der Waals surface area contributed by atoms with Crippen LogP contribution in [0, 0.1) is 17.8 Å². The highest BCUT2D eigenvalue weighted by Gasteiger charge is 2.52. The van der Waals surface area contributed by atoms with Crippen molar-refractivity contribution < 1.29 is 39.6 Å². The smallest absolute Gasteiger partial charge is 0.321 e. The number of hydrogen-bond donors (Lipinski definition) is 5. The molecule has 9 nitrogen and oxygen atoms in total. The van der Waals surface area contributed by atoms with Crippen molar-refractivity contribution in [1.29, 1.82) is 0 Å². The Bertz CT molecular complexity index is 367. The van der Waals surface area contributed by atoms with E-state index < -0.39 is 54.2 Å². The third-order valence-electron chi connectivity index (χ3n) is 2.89. The molecule has 100 valence electrons. The van der Waals surface area contributed by atoms with E-state index in [2.05, 4.69) is 5.32 Å². The average Bonchev–Trinajstić information content (AvgIpc) is 2.26. The number of carbonyl (C=O) groups is 4. The lowest BCUT2D eigenvalue weighted by atomic mass is 9.74. The van der Waals surface area contributed by atoms with Gasteiger partial charge in [-0.3, -0.25) is 19.2 Å². The van der Waals surface area contributed by atoms with Crippen LogP contribution in [-0.4, -0.2) is 56.9 Å². The van der Waals surface area contributed by atoms with E-state index in [4.69, 9.17) is 20.4 Å². The first-order chi connectivity index (χ1) is 8.27. The van der Waals surface area contributed by atoms with Gasteiger partial charge in [0.05, 0.1) is 17.8 Å². The molecule has 1 rings (SSSR count). The fraction of sp³-hybridized carbons (Fsp3) is 0.556. The number of piperidine rings is 1. The highest BCUT2D eigenvalue weighted by Crippen LogP contribution is 2.29. The van der Waals surface area contributed by atoms with Gasteiger partial charge in [-0.2, -0.15) is 0 Å². The third kappa shape index (κ3) is 2.40. The van der Waals surface area contributed by atoms with Crippen LogP contribution in [0.1, 0.15) is 0 Å². The van der Waals surface area contributed by atoms with Crippen molar-refractivity contribution in [3.05, 3.63) is 0 Å². The van der Waals surface area contributed by atoms with E-state index in [1.165, 1.54) is 0 Å². The maximum Gasteiger partial charge on any atom is 0.321 e. The standard InChI is InChI=1S/C9H11NO8/c11-6(12)2-1-10-5(9(17)18)4(8(15)16)3(2)7(13)14/h2-5,10H,1H2,(H,11,12)(H,13,14)(H,15,16)(H,17,18)/t2-,3-,4-,5+/m1/s1. The second-order valence-electron chi connectivity index (χ2n) is 3.90. The minimum Gasteiger partial charge on any atom is -0.481 e. The van der Waals surface area contributed by atoms with E-state index >= 15 is 0 Å². The predicted molar refractivity (Wildman–Crippen MR) is 52.8 cm³/mol. The van der Waals surface area contributed by atoms with Crippen LogP contribution in [0.25, 0.3) is 0 Å². The molecule has 5 N–H and O–H groups in total. The molecule has 0 aromatic heterocycles. The van der Waals surface area contributed by atoms with Crippen LogP contribution in [0.2, 0.25) is 0 Å². The summed E-state index contributed by atoms with van der Waals surface area (Å²) < 4.78 is 0. The minimum absolute atomic E-state index is 0.410. The zero-order chi connectivity index (χ0) is 14.0. The Morgan fingerprint density at radius 2 is 1.28 bits per heavy atom. The fourth-order valence-electron chi connectivity index (χ4n) is 2.07. The van der Waals surface area contributed by atoms with Crippen LogP contribution < -0.4 is 5.32 Å². The van der Waals surface area contributed by atoms with Crippen molar-refractivity contribution in [3.8, 4) is 0 Å². The Balaban J connectivity index is 3.18. The van der Waals surface area contributed by atoms with Gasteiger partial charge in [-0.1, -0.05) is 0 Å². The van der Waals surface area contributed by atoms with Crippen molar-refractivity contribution in [2.24, 2.45) is 17.8 Å². The number of nitrogens with one attached hydrogen (secondary N) is 1. The van der Waals surface area contributed by atoms with Gasteiger partial charge in [0.15, 0.2) is 0 Å². The largest absolute Gasteiger partial charge is 0.481 e. The van der Waals surface area contributed by atoms with Crippen molar-refractivity contribution in [3.63, 3.8) is 0 Å². The van der Waals surface area contributed by atoms with Gasteiger partial charge in [-0.25, -0.2) is 0 Å². The molecule has 0 spiro atoms. The normalized spacial score (nSPS) is 31.6. The number of hydrogen-bond acceptors (Lipinski definition) is 5. The molecule has 0 saturated carbocycles. The van der Waals surface area contributed by atoms with E-state index in [0.717, 1.165) is 0 Å². The van der Waals surface area contributed by atoms with Crippen LogP contribution in [-0.2, 0) is 19.2 Å². The summed E-state index contributed by atoms with van der Waals surface area (Å²) in [5.41, 5.74) is 0. The molecule has 0 unspecified atom stereocenters. The first kappa shape index (κ1) is 13.9. The average molecular weight is 261 g/mol. The van der Waals surface area contributed by atoms with Crippen molar-refractivity contribution in [1.82, 2.24) is 5.32 Å². The number of carboxylic acid groups (broad SMARTS) is 4. The molecule has 4 atom stereocenters. The number of rotatable bonds is 4. The van der Waals surface area contributed by atoms with Crippen LogP contribution >= 0.6 is 0 Å².